The molecule has 2 atom stereocenters. The summed E-state index contributed by atoms with van der Waals surface area (Å²) in [6.45, 7) is 6.11. The van der Waals surface area contributed by atoms with Gasteiger partial charge in [-0.3, -0.25) is 0 Å². The van der Waals surface area contributed by atoms with Gasteiger partial charge in [0.2, 0.25) is 5.88 Å². The number of nitrogens with two attached hydrogens (primary N) is 1. The number of aryl methyl sites for hydroxylation is 1. The molecule has 0 aromatic carbocycles. The summed E-state index contributed by atoms with van der Waals surface area (Å²) in [5, 5.41) is 0. The number of aromatic nitrogens is 1. The second-order valence-corrected chi connectivity index (χ2v) is 4.85. The average molecular weight is 236 g/mol. The van der Waals surface area contributed by atoms with E-state index in [2.05, 4.69) is 18.8 Å². The van der Waals surface area contributed by atoms with Crippen LogP contribution in [0.4, 0.5) is 5.69 Å². The summed E-state index contributed by atoms with van der Waals surface area (Å²) in [7, 11) is 0. The van der Waals surface area contributed by atoms with Crippen molar-refractivity contribution in [1.29, 1.82) is 0 Å². The Morgan fingerprint density at radius 3 is 2.59 bits per heavy atom. The van der Waals surface area contributed by atoms with Crippen LogP contribution in [0.5, 0.6) is 5.88 Å². The van der Waals surface area contributed by atoms with E-state index in [1.165, 1.54) is 0 Å². The van der Waals surface area contributed by atoms with Crippen LogP contribution in [0.25, 0.3) is 0 Å². The Morgan fingerprint density at radius 1 is 1.35 bits per heavy atom. The lowest BCUT2D eigenvalue weighted by Gasteiger charge is -2.31. The topological polar surface area (TPSA) is 57.4 Å². The molecule has 1 aliphatic heterocycles. The lowest BCUT2D eigenvalue weighted by molar-refractivity contribution is -0.0729. The monoisotopic (exact) mass is 236 g/mol. The van der Waals surface area contributed by atoms with E-state index in [0.29, 0.717) is 11.6 Å². The van der Waals surface area contributed by atoms with Crippen molar-refractivity contribution in [3.63, 3.8) is 0 Å². The summed E-state index contributed by atoms with van der Waals surface area (Å²) in [6, 6.07) is 1.89. The maximum Gasteiger partial charge on any atom is 0.213 e. The standard InChI is InChI=1S/C13H20N2O2/c1-8-4-13(15-7-12(8)14)17-11-5-9(2)16-10(3)6-11/h4,7,9-11H,5-6,14H2,1-3H3. The predicted molar refractivity (Wildman–Crippen MR) is 67.0 cm³/mol. The lowest BCUT2D eigenvalue weighted by atomic mass is 10.0. The fraction of sp³-hybridized carbons (Fsp3) is 0.615. The van der Waals surface area contributed by atoms with E-state index in [-0.39, 0.29) is 18.3 Å². The molecule has 2 unspecified atom stereocenters. The summed E-state index contributed by atoms with van der Waals surface area (Å²) in [5.74, 6) is 0.656. The van der Waals surface area contributed by atoms with Crippen LogP contribution in [-0.2, 0) is 4.74 Å². The van der Waals surface area contributed by atoms with E-state index in [0.717, 1.165) is 18.4 Å². The molecule has 0 bridgehead atoms. The number of nitrogen functional groups attached to an aromatic ring is 1. The molecule has 1 aromatic heterocycles. The number of pyridine rings is 1. The van der Waals surface area contributed by atoms with Gasteiger partial charge in [-0.15, -0.1) is 0 Å². The Kier molecular flexibility index (Phi) is 3.52. The fourth-order valence-electron chi connectivity index (χ4n) is 2.22. The first-order chi connectivity index (χ1) is 8.04. The minimum absolute atomic E-state index is 0.185. The molecule has 4 heteroatoms. The highest BCUT2D eigenvalue weighted by Crippen LogP contribution is 2.24. The van der Waals surface area contributed by atoms with Gasteiger partial charge >= 0.3 is 0 Å². The molecule has 2 rings (SSSR count). The van der Waals surface area contributed by atoms with Gasteiger partial charge in [0, 0.05) is 18.9 Å². The van der Waals surface area contributed by atoms with E-state index in [1.807, 2.05) is 13.0 Å². The number of rotatable bonds is 2. The number of nitrogens with zero attached hydrogens (tertiary/aromatic N) is 1. The number of ether oxygens (including phenoxy) is 2. The Morgan fingerprint density at radius 2 is 2.00 bits per heavy atom. The Labute approximate surface area is 102 Å². The zero-order valence-corrected chi connectivity index (χ0v) is 10.6. The predicted octanol–water partition coefficient (Wildman–Crippen LogP) is 2.31. The van der Waals surface area contributed by atoms with Gasteiger partial charge in [-0.05, 0) is 26.3 Å². The van der Waals surface area contributed by atoms with Crippen LogP contribution >= 0.6 is 0 Å². The zero-order chi connectivity index (χ0) is 12.4. The van der Waals surface area contributed by atoms with Gasteiger partial charge < -0.3 is 15.2 Å². The summed E-state index contributed by atoms with van der Waals surface area (Å²) in [6.07, 6.45) is 4.16. The van der Waals surface area contributed by atoms with E-state index < -0.39 is 0 Å². The van der Waals surface area contributed by atoms with E-state index in [4.69, 9.17) is 15.2 Å². The second-order valence-electron chi connectivity index (χ2n) is 4.85. The first-order valence-corrected chi connectivity index (χ1v) is 6.09. The highest BCUT2D eigenvalue weighted by Gasteiger charge is 2.26. The van der Waals surface area contributed by atoms with Gasteiger partial charge in [-0.1, -0.05) is 0 Å². The summed E-state index contributed by atoms with van der Waals surface area (Å²) >= 11 is 0. The van der Waals surface area contributed by atoms with Gasteiger partial charge in [-0.25, -0.2) is 4.98 Å². The SMILES string of the molecule is Cc1cc(OC2CC(C)OC(C)C2)ncc1N. The van der Waals surface area contributed by atoms with Crippen molar-refractivity contribution in [2.75, 3.05) is 5.73 Å². The summed E-state index contributed by atoms with van der Waals surface area (Å²) in [5.41, 5.74) is 7.43. The third-order valence-electron chi connectivity index (χ3n) is 3.07. The van der Waals surface area contributed by atoms with Crippen LogP contribution in [0, 0.1) is 6.92 Å². The fourth-order valence-corrected chi connectivity index (χ4v) is 2.22. The second kappa shape index (κ2) is 4.92. The molecule has 94 valence electrons. The lowest BCUT2D eigenvalue weighted by Crippen LogP contribution is -2.35. The van der Waals surface area contributed by atoms with Crippen LogP contribution in [0.2, 0.25) is 0 Å². The molecular formula is C13H20N2O2. The van der Waals surface area contributed by atoms with Crippen LogP contribution in [0.1, 0.15) is 32.3 Å². The molecule has 2 heterocycles. The Balaban J connectivity index is 2.02. The summed E-state index contributed by atoms with van der Waals surface area (Å²) < 4.78 is 11.6. The van der Waals surface area contributed by atoms with Gasteiger partial charge in [0.25, 0.3) is 0 Å². The molecule has 4 nitrogen and oxygen atoms in total. The molecular weight excluding hydrogens is 216 g/mol. The molecule has 1 saturated heterocycles. The maximum atomic E-state index is 5.89. The molecule has 0 radical (unpaired) electrons. The Bertz CT molecular complexity index is 385. The molecule has 0 spiro atoms. The molecule has 1 fully saturated rings. The number of hydrogen-bond acceptors (Lipinski definition) is 4. The first kappa shape index (κ1) is 12.2. The van der Waals surface area contributed by atoms with Crippen molar-refractivity contribution >= 4 is 5.69 Å². The molecule has 1 aromatic rings. The van der Waals surface area contributed by atoms with Crippen LogP contribution < -0.4 is 10.5 Å². The molecule has 0 saturated carbocycles. The number of hydrogen-bond donors (Lipinski definition) is 1. The van der Waals surface area contributed by atoms with Crippen molar-refractivity contribution in [3.8, 4) is 5.88 Å². The normalized spacial score (nSPS) is 29.0. The highest BCUT2D eigenvalue weighted by atomic mass is 16.5. The zero-order valence-electron chi connectivity index (χ0n) is 10.6. The maximum absolute atomic E-state index is 5.89. The van der Waals surface area contributed by atoms with Crippen LogP contribution in [0.3, 0.4) is 0 Å². The smallest absolute Gasteiger partial charge is 0.213 e. The molecule has 2 N–H and O–H groups in total. The van der Waals surface area contributed by atoms with Crippen LogP contribution in [0.15, 0.2) is 12.3 Å². The van der Waals surface area contributed by atoms with Gasteiger partial charge in [0.1, 0.15) is 6.10 Å². The molecule has 17 heavy (non-hydrogen) atoms. The Hall–Kier alpha value is -1.29. The van der Waals surface area contributed by atoms with E-state index >= 15 is 0 Å². The highest BCUT2D eigenvalue weighted by molar-refractivity contribution is 5.45. The first-order valence-electron chi connectivity index (χ1n) is 6.09. The van der Waals surface area contributed by atoms with Gasteiger partial charge in [0.15, 0.2) is 0 Å². The van der Waals surface area contributed by atoms with E-state index in [9.17, 15) is 0 Å². The minimum atomic E-state index is 0.185. The molecule has 1 aliphatic rings. The minimum Gasteiger partial charge on any atom is -0.474 e. The summed E-state index contributed by atoms with van der Waals surface area (Å²) in [4.78, 5) is 4.20. The van der Waals surface area contributed by atoms with Crippen molar-refractivity contribution in [1.82, 2.24) is 4.98 Å². The van der Waals surface area contributed by atoms with Gasteiger partial charge in [-0.2, -0.15) is 0 Å². The molecule has 0 amide bonds. The van der Waals surface area contributed by atoms with Crippen molar-refractivity contribution < 1.29 is 9.47 Å². The van der Waals surface area contributed by atoms with Gasteiger partial charge in [0.05, 0.1) is 24.1 Å². The van der Waals surface area contributed by atoms with Crippen LogP contribution in [-0.4, -0.2) is 23.3 Å². The number of anilines is 1. The van der Waals surface area contributed by atoms with Crippen molar-refractivity contribution in [3.05, 3.63) is 17.8 Å². The van der Waals surface area contributed by atoms with E-state index in [1.54, 1.807) is 6.20 Å². The third kappa shape index (κ3) is 3.09. The molecule has 0 aliphatic carbocycles. The third-order valence-corrected chi connectivity index (χ3v) is 3.07. The van der Waals surface area contributed by atoms with Crippen molar-refractivity contribution in [2.45, 2.75) is 51.9 Å². The largest absolute Gasteiger partial charge is 0.474 e. The van der Waals surface area contributed by atoms with Crippen molar-refractivity contribution in [2.24, 2.45) is 0 Å². The average Bonchev–Trinajstić information content (AvgIpc) is 2.22. The quantitative estimate of drug-likeness (QED) is 0.856.